The molecule has 3 rings (SSSR count). The Morgan fingerprint density at radius 2 is 2.14 bits per heavy atom. The topological polar surface area (TPSA) is 83.8 Å². The van der Waals surface area contributed by atoms with Gasteiger partial charge in [-0.1, -0.05) is 11.6 Å². The van der Waals surface area contributed by atoms with Crippen molar-refractivity contribution in [3.63, 3.8) is 0 Å². The number of aromatic amines is 1. The molecular formula is C15H13ClN4O. The van der Waals surface area contributed by atoms with Gasteiger partial charge in [0, 0.05) is 22.8 Å². The highest BCUT2D eigenvalue weighted by Gasteiger charge is 2.12. The predicted molar refractivity (Wildman–Crippen MR) is 84.6 cm³/mol. The molecule has 0 unspecified atom stereocenters. The summed E-state index contributed by atoms with van der Waals surface area (Å²) in [6.07, 6.45) is 1.64. The van der Waals surface area contributed by atoms with Gasteiger partial charge in [-0.05, 0) is 42.8 Å². The highest BCUT2D eigenvalue weighted by molar-refractivity contribution is 6.32. The number of amides is 1. The first-order valence-electron chi connectivity index (χ1n) is 6.34. The molecule has 1 aromatic carbocycles. The van der Waals surface area contributed by atoms with Gasteiger partial charge in [-0.25, -0.2) is 4.98 Å². The number of hydrogen-bond acceptors (Lipinski definition) is 3. The molecule has 0 aliphatic heterocycles. The molecule has 0 spiro atoms. The number of aromatic nitrogens is 2. The fourth-order valence-electron chi connectivity index (χ4n) is 2.10. The Morgan fingerprint density at radius 1 is 1.33 bits per heavy atom. The van der Waals surface area contributed by atoms with Crippen LogP contribution in [0, 0.1) is 6.92 Å². The van der Waals surface area contributed by atoms with Crippen molar-refractivity contribution in [2.24, 2.45) is 0 Å². The second-order valence-electron chi connectivity index (χ2n) is 4.83. The van der Waals surface area contributed by atoms with E-state index in [2.05, 4.69) is 15.3 Å². The molecule has 0 fully saturated rings. The number of H-pyrrole nitrogens is 1. The first-order chi connectivity index (χ1) is 10.0. The van der Waals surface area contributed by atoms with Gasteiger partial charge in [0.05, 0.1) is 5.69 Å². The van der Waals surface area contributed by atoms with Crippen molar-refractivity contribution in [1.29, 1.82) is 0 Å². The van der Waals surface area contributed by atoms with Gasteiger partial charge in [0.1, 0.15) is 5.69 Å². The van der Waals surface area contributed by atoms with Crippen LogP contribution >= 0.6 is 11.6 Å². The predicted octanol–water partition coefficient (Wildman–Crippen LogP) is 3.36. The molecule has 0 atom stereocenters. The van der Waals surface area contributed by atoms with Crippen LogP contribution in [-0.4, -0.2) is 15.9 Å². The Morgan fingerprint density at radius 3 is 2.95 bits per heavy atom. The molecule has 0 saturated carbocycles. The molecule has 0 aliphatic carbocycles. The van der Waals surface area contributed by atoms with E-state index < -0.39 is 0 Å². The van der Waals surface area contributed by atoms with Gasteiger partial charge in [0.25, 0.3) is 5.91 Å². The summed E-state index contributed by atoms with van der Waals surface area (Å²) in [6, 6.07) is 8.94. The normalized spacial score (nSPS) is 10.8. The van der Waals surface area contributed by atoms with Crippen LogP contribution in [-0.2, 0) is 0 Å². The van der Waals surface area contributed by atoms with Gasteiger partial charge in [-0.3, -0.25) is 4.79 Å². The number of halogens is 1. The van der Waals surface area contributed by atoms with Gasteiger partial charge in [0.2, 0.25) is 0 Å². The summed E-state index contributed by atoms with van der Waals surface area (Å²) in [5, 5.41) is 3.89. The first-order valence-corrected chi connectivity index (χ1v) is 6.72. The Hall–Kier alpha value is -2.53. The Bertz CT molecular complexity index is 841. The molecule has 5 nitrogen and oxygen atoms in total. The molecule has 6 heteroatoms. The maximum absolute atomic E-state index is 12.3. The molecule has 3 aromatic rings. The molecule has 0 saturated heterocycles. The van der Waals surface area contributed by atoms with Crippen LogP contribution in [0.1, 0.15) is 16.1 Å². The van der Waals surface area contributed by atoms with Crippen molar-refractivity contribution in [1.82, 2.24) is 9.97 Å². The molecule has 4 N–H and O–H groups in total. The lowest BCUT2D eigenvalue weighted by molar-refractivity contribution is 0.102. The van der Waals surface area contributed by atoms with Crippen molar-refractivity contribution >= 4 is 39.8 Å². The lowest BCUT2D eigenvalue weighted by Gasteiger charge is -2.06. The lowest BCUT2D eigenvalue weighted by Crippen LogP contribution is -2.13. The van der Waals surface area contributed by atoms with E-state index in [-0.39, 0.29) is 11.1 Å². The van der Waals surface area contributed by atoms with Crippen LogP contribution in [0.3, 0.4) is 0 Å². The molecule has 0 bridgehead atoms. The number of rotatable bonds is 2. The highest BCUT2D eigenvalue weighted by atomic mass is 35.5. The third kappa shape index (κ3) is 2.68. The van der Waals surface area contributed by atoms with Crippen molar-refractivity contribution in [2.75, 3.05) is 11.1 Å². The first kappa shape index (κ1) is 13.5. The van der Waals surface area contributed by atoms with E-state index in [0.717, 1.165) is 16.5 Å². The van der Waals surface area contributed by atoms with E-state index in [1.807, 2.05) is 19.1 Å². The largest absolute Gasteiger partial charge is 0.399 e. The average Bonchev–Trinajstić information content (AvgIpc) is 2.86. The minimum atomic E-state index is -0.279. The van der Waals surface area contributed by atoms with Crippen molar-refractivity contribution in [3.05, 3.63) is 52.9 Å². The average molecular weight is 301 g/mol. The number of aryl methyl sites for hydroxylation is 1. The number of fused-ring (bicyclic) bond motifs is 1. The number of benzene rings is 1. The van der Waals surface area contributed by atoms with E-state index in [0.29, 0.717) is 17.1 Å². The van der Waals surface area contributed by atoms with E-state index >= 15 is 0 Å². The van der Waals surface area contributed by atoms with Gasteiger partial charge >= 0.3 is 0 Å². The number of anilines is 2. The number of nitrogens with one attached hydrogen (secondary N) is 2. The second kappa shape index (κ2) is 5.10. The molecule has 2 aromatic heterocycles. The zero-order chi connectivity index (χ0) is 15.0. The summed E-state index contributed by atoms with van der Waals surface area (Å²) < 4.78 is 0. The zero-order valence-corrected chi connectivity index (χ0v) is 12.0. The van der Waals surface area contributed by atoms with Crippen LogP contribution in [0.4, 0.5) is 11.4 Å². The van der Waals surface area contributed by atoms with Crippen LogP contribution in [0.2, 0.25) is 5.15 Å². The third-order valence-electron chi connectivity index (χ3n) is 3.11. The molecule has 2 heterocycles. The van der Waals surface area contributed by atoms with Gasteiger partial charge in [0.15, 0.2) is 5.15 Å². The SMILES string of the molecule is Cc1cnc(Cl)c(NC(=O)c2cc3cc(N)ccc3[nH]2)c1. The molecule has 1 amide bonds. The van der Waals surface area contributed by atoms with Crippen LogP contribution < -0.4 is 11.1 Å². The number of nitrogens with zero attached hydrogens (tertiary/aromatic N) is 1. The maximum atomic E-state index is 12.3. The molecule has 0 aliphatic rings. The van der Waals surface area contributed by atoms with Crippen molar-refractivity contribution < 1.29 is 4.79 Å². The smallest absolute Gasteiger partial charge is 0.272 e. The quantitative estimate of drug-likeness (QED) is 0.501. The number of hydrogen-bond donors (Lipinski definition) is 3. The molecule has 106 valence electrons. The Labute approximate surface area is 126 Å². The summed E-state index contributed by atoms with van der Waals surface area (Å²) in [7, 11) is 0. The summed E-state index contributed by atoms with van der Waals surface area (Å²) in [6.45, 7) is 1.88. The number of carbonyl (C=O) groups is 1. The standard InChI is InChI=1S/C15H13ClN4O/c1-8-4-12(14(16)18-7-8)20-15(21)13-6-9-5-10(17)2-3-11(9)19-13/h2-7,19H,17H2,1H3,(H,20,21). The van der Waals surface area contributed by atoms with Gasteiger partial charge in [-0.2, -0.15) is 0 Å². The fourth-order valence-corrected chi connectivity index (χ4v) is 2.25. The van der Waals surface area contributed by atoms with Crippen LogP contribution in [0.15, 0.2) is 36.5 Å². The zero-order valence-electron chi connectivity index (χ0n) is 11.3. The molecule has 0 radical (unpaired) electrons. The molecule has 21 heavy (non-hydrogen) atoms. The van der Waals surface area contributed by atoms with E-state index in [9.17, 15) is 4.79 Å². The van der Waals surface area contributed by atoms with Gasteiger partial charge in [-0.15, -0.1) is 0 Å². The van der Waals surface area contributed by atoms with Gasteiger partial charge < -0.3 is 16.0 Å². The number of nitrogen functional groups attached to an aromatic ring is 1. The third-order valence-corrected chi connectivity index (χ3v) is 3.41. The summed E-state index contributed by atoms with van der Waals surface area (Å²) >= 11 is 5.97. The van der Waals surface area contributed by atoms with E-state index in [4.69, 9.17) is 17.3 Å². The summed E-state index contributed by atoms with van der Waals surface area (Å²) in [5.41, 5.74) is 9.07. The molecular weight excluding hydrogens is 288 g/mol. The number of pyridine rings is 1. The Kier molecular flexibility index (Phi) is 3.27. The maximum Gasteiger partial charge on any atom is 0.272 e. The minimum Gasteiger partial charge on any atom is -0.399 e. The summed E-state index contributed by atoms with van der Waals surface area (Å²) in [5.74, 6) is -0.279. The monoisotopic (exact) mass is 300 g/mol. The van der Waals surface area contributed by atoms with Crippen molar-refractivity contribution in [2.45, 2.75) is 6.92 Å². The van der Waals surface area contributed by atoms with Crippen LogP contribution in [0.5, 0.6) is 0 Å². The number of nitrogens with two attached hydrogens (primary N) is 1. The minimum absolute atomic E-state index is 0.259. The van der Waals surface area contributed by atoms with Crippen LogP contribution in [0.25, 0.3) is 10.9 Å². The number of carbonyl (C=O) groups excluding carboxylic acids is 1. The fraction of sp³-hybridized carbons (Fsp3) is 0.0667. The Balaban J connectivity index is 1.91. The lowest BCUT2D eigenvalue weighted by atomic mass is 10.2. The highest BCUT2D eigenvalue weighted by Crippen LogP contribution is 2.22. The second-order valence-corrected chi connectivity index (χ2v) is 5.19. The summed E-state index contributed by atoms with van der Waals surface area (Å²) in [4.78, 5) is 19.3. The van der Waals surface area contributed by atoms with Crippen molar-refractivity contribution in [3.8, 4) is 0 Å². The van der Waals surface area contributed by atoms with E-state index in [1.54, 1.807) is 24.4 Å². The van der Waals surface area contributed by atoms with E-state index in [1.165, 1.54) is 0 Å².